The minimum Gasteiger partial charge on any atom is -0.507 e. The Bertz CT molecular complexity index is 715. The first-order valence-electron chi connectivity index (χ1n) is 6.73. The Labute approximate surface area is 127 Å². The van der Waals surface area contributed by atoms with Crippen LogP contribution in [0, 0.1) is 0 Å². The SMILES string of the molecule is O=C(NN=Cc1ccccc1O)C1COc2ccccc2O1. The lowest BCUT2D eigenvalue weighted by atomic mass is 10.2. The number of para-hydroxylation sites is 3. The Morgan fingerprint density at radius 1 is 1.18 bits per heavy atom. The van der Waals surface area contributed by atoms with Crippen LogP contribution in [0.25, 0.3) is 0 Å². The Hall–Kier alpha value is -3.02. The van der Waals surface area contributed by atoms with E-state index in [1.807, 2.05) is 6.07 Å². The molecular weight excluding hydrogens is 284 g/mol. The molecule has 1 amide bonds. The van der Waals surface area contributed by atoms with Gasteiger partial charge in [0.2, 0.25) is 6.10 Å². The van der Waals surface area contributed by atoms with Gasteiger partial charge in [-0.15, -0.1) is 0 Å². The van der Waals surface area contributed by atoms with Crippen molar-refractivity contribution < 1.29 is 19.4 Å². The average molecular weight is 298 g/mol. The number of ether oxygens (including phenoxy) is 2. The molecule has 2 N–H and O–H groups in total. The molecule has 22 heavy (non-hydrogen) atoms. The molecule has 112 valence electrons. The summed E-state index contributed by atoms with van der Waals surface area (Å²) in [5, 5.41) is 13.4. The first-order valence-corrected chi connectivity index (χ1v) is 6.73. The maximum Gasteiger partial charge on any atom is 0.284 e. The van der Waals surface area contributed by atoms with Gasteiger partial charge in [-0.3, -0.25) is 4.79 Å². The van der Waals surface area contributed by atoms with Crippen molar-refractivity contribution in [3.63, 3.8) is 0 Å². The van der Waals surface area contributed by atoms with Gasteiger partial charge in [-0.05, 0) is 24.3 Å². The van der Waals surface area contributed by atoms with E-state index in [1.165, 1.54) is 12.3 Å². The van der Waals surface area contributed by atoms with Crippen LogP contribution < -0.4 is 14.9 Å². The number of rotatable bonds is 3. The molecule has 1 aliphatic heterocycles. The molecule has 2 aromatic rings. The smallest absolute Gasteiger partial charge is 0.284 e. The molecule has 1 aliphatic rings. The molecule has 0 saturated heterocycles. The van der Waals surface area contributed by atoms with E-state index in [9.17, 15) is 9.90 Å². The Morgan fingerprint density at radius 3 is 2.73 bits per heavy atom. The van der Waals surface area contributed by atoms with Crippen LogP contribution in [0.4, 0.5) is 0 Å². The van der Waals surface area contributed by atoms with Crippen LogP contribution in [0.5, 0.6) is 17.2 Å². The van der Waals surface area contributed by atoms with Gasteiger partial charge < -0.3 is 14.6 Å². The highest BCUT2D eigenvalue weighted by molar-refractivity contribution is 5.86. The molecule has 1 unspecified atom stereocenters. The molecule has 0 aromatic heterocycles. The summed E-state index contributed by atoms with van der Waals surface area (Å²) in [6.07, 6.45) is 0.599. The van der Waals surface area contributed by atoms with E-state index < -0.39 is 12.0 Å². The van der Waals surface area contributed by atoms with Crippen LogP contribution in [-0.2, 0) is 4.79 Å². The zero-order chi connectivity index (χ0) is 15.4. The molecule has 1 heterocycles. The fraction of sp³-hybridized carbons (Fsp3) is 0.125. The monoisotopic (exact) mass is 298 g/mol. The zero-order valence-electron chi connectivity index (χ0n) is 11.6. The van der Waals surface area contributed by atoms with E-state index in [0.29, 0.717) is 17.1 Å². The molecule has 0 fully saturated rings. The number of hydrazone groups is 1. The van der Waals surface area contributed by atoms with Gasteiger partial charge >= 0.3 is 0 Å². The summed E-state index contributed by atoms with van der Waals surface area (Å²) >= 11 is 0. The minimum absolute atomic E-state index is 0.0895. The number of phenolic OH excluding ortho intramolecular Hbond substituents is 1. The number of fused-ring (bicyclic) bond motifs is 1. The first kappa shape index (κ1) is 13.9. The number of hydrogen-bond donors (Lipinski definition) is 2. The van der Waals surface area contributed by atoms with E-state index in [0.717, 1.165) is 0 Å². The molecule has 2 aromatic carbocycles. The summed E-state index contributed by atoms with van der Waals surface area (Å²) in [6, 6.07) is 13.8. The second kappa shape index (κ2) is 6.17. The van der Waals surface area contributed by atoms with Crippen LogP contribution in [-0.4, -0.2) is 29.9 Å². The molecule has 0 aliphatic carbocycles. The molecule has 0 spiro atoms. The molecule has 0 radical (unpaired) electrons. The van der Waals surface area contributed by atoms with E-state index in [2.05, 4.69) is 10.5 Å². The van der Waals surface area contributed by atoms with E-state index in [1.54, 1.807) is 36.4 Å². The van der Waals surface area contributed by atoms with Crippen LogP contribution in [0.2, 0.25) is 0 Å². The van der Waals surface area contributed by atoms with Crippen LogP contribution >= 0.6 is 0 Å². The number of carbonyl (C=O) groups excluding carboxylic acids is 1. The number of nitrogens with zero attached hydrogens (tertiary/aromatic N) is 1. The van der Waals surface area contributed by atoms with Gasteiger partial charge in [-0.1, -0.05) is 24.3 Å². The number of carbonyl (C=O) groups is 1. The summed E-state index contributed by atoms with van der Waals surface area (Å²) in [4.78, 5) is 12.0. The number of amides is 1. The third kappa shape index (κ3) is 3.01. The third-order valence-corrected chi connectivity index (χ3v) is 3.12. The van der Waals surface area contributed by atoms with Crippen molar-refractivity contribution >= 4 is 12.1 Å². The first-order chi connectivity index (χ1) is 10.7. The Balaban J connectivity index is 1.60. The van der Waals surface area contributed by atoms with Crippen molar-refractivity contribution in [2.45, 2.75) is 6.10 Å². The second-order valence-corrected chi connectivity index (χ2v) is 4.66. The molecule has 6 nitrogen and oxygen atoms in total. The van der Waals surface area contributed by atoms with Gasteiger partial charge in [-0.2, -0.15) is 5.10 Å². The lowest BCUT2D eigenvalue weighted by Gasteiger charge is -2.24. The topological polar surface area (TPSA) is 80.2 Å². The van der Waals surface area contributed by atoms with Crippen molar-refractivity contribution in [1.82, 2.24) is 5.43 Å². The van der Waals surface area contributed by atoms with Crippen molar-refractivity contribution in [3.05, 3.63) is 54.1 Å². The maximum absolute atomic E-state index is 12.0. The molecule has 0 saturated carbocycles. The minimum atomic E-state index is -0.767. The highest BCUT2D eigenvalue weighted by Gasteiger charge is 2.26. The summed E-state index contributed by atoms with van der Waals surface area (Å²) in [6.45, 7) is 0.120. The lowest BCUT2D eigenvalue weighted by molar-refractivity contribution is -0.130. The molecule has 0 bridgehead atoms. The molecule has 1 atom stereocenters. The fourth-order valence-corrected chi connectivity index (χ4v) is 1.98. The summed E-state index contributed by atoms with van der Waals surface area (Å²) in [5.74, 6) is 0.815. The maximum atomic E-state index is 12.0. The fourth-order valence-electron chi connectivity index (χ4n) is 1.98. The van der Waals surface area contributed by atoms with Crippen molar-refractivity contribution in [2.24, 2.45) is 5.10 Å². The number of benzene rings is 2. The number of hydrogen-bond acceptors (Lipinski definition) is 5. The van der Waals surface area contributed by atoms with Crippen LogP contribution in [0.15, 0.2) is 53.6 Å². The number of phenols is 1. The predicted molar refractivity (Wildman–Crippen MR) is 80.2 cm³/mol. The van der Waals surface area contributed by atoms with Crippen LogP contribution in [0.3, 0.4) is 0 Å². The highest BCUT2D eigenvalue weighted by Crippen LogP contribution is 2.30. The van der Waals surface area contributed by atoms with Crippen molar-refractivity contribution in [2.75, 3.05) is 6.61 Å². The summed E-state index contributed by atoms with van der Waals surface area (Å²) in [7, 11) is 0. The van der Waals surface area contributed by atoms with E-state index >= 15 is 0 Å². The van der Waals surface area contributed by atoms with E-state index in [-0.39, 0.29) is 12.4 Å². The van der Waals surface area contributed by atoms with Gasteiger partial charge in [-0.25, -0.2) is 5.43 Å². The number of nitrogens with one attached hydrogen (secondary N) is 1. The van der Waals surface area contributed by atoms with Gasteiger partial charge in [0.1, 0.15) is 12.4 Å². The standard InChI is InChI=1S/C16H14N2O4/c19-12-6-2-1-5-11(12)9-17-18-16(20)15-10-21-13-7-3-4-8-14(13)22-15/h1-9,15,19H,10H2,(H,18,20). The summed E-state index contributed by atoms with van der Waals surface area (Å²) in [5.41, 5.74) is 2.88. The summed E-state index contributed by atoms with van der Waals surface area (Å²) < 4.78 is 11.0. The van der Waals surface area contributed by atoms with Gasteiger partial charge in [0.15, 0.2) is 11.5 Å². The van der Waals surface area contributed by atoms with E-state index in [4.69, 9.17) is 9.47 Å². The largest absolute Gasteiger partial charge is 0.507 e. The number of aromatic hydroxyl groups is 1. The zero-order valence-corrected chi connectivity index (χ0v) is 11.6. The third-order valence-electron chi connectivity index (χ3n) is 3.12. The van der Waals surface area contributed by atoms with Crippen molar-refractivity contribution in [3.8, 4) is 17.2 Å². The highest BCUT2D eigenvalue weighted by atomic mass is 16.6. The quantitative estimate of drug-likeness (QED) is 0.667. The molecule has 3 rings (SSSR count). The van der Waals surface area contributed by atoms with Crippen LogP contribution in [0.1, 0.15) is 5.56 Å². The Morgan fingerprint density at radius 2 is 1.91 bits per heavy atom. The van der Waals surface area contributed by atoms with Gasteiger partial charge in [0, 0.05) is 5.56 Å². The Kier molecular flexibility index (Phi) is 3.91. The molecular formula is C16H14N2O4. The lowest BCUT2D eigenvalue weighted by Crippen LogP contribution is -2.42. The molecule has 6 heteroatoms. The second-order valence-electron chi connectivity index (χ2n) is 4.66. The average Bonchev–Trinajstić information content (AvgIpc) is 2.56. The predicted octanol–water partition coefficient (Wildman–Crippen LogP) is 1.68. The normalized spacial score (nSPS) is 16.5. The van der Waals surface area contributed by atoms with Crippen molar-refractivity contribution in [1.29, 1.82) is 0 Å². The van der Waals surface area contributed by atoms with Gasteiger partial charge in [0.25, 0.3) is 5.91 Å². The van der Waals surface area contributed by atoms with Gasteiger partial charge in [0.05, 0.1) is 6.21 Å².